The summed E-state index contributed by atoms with van der Waals surface area (Å²) in [6, 6.07) is 12.0. The van der Waals surface area contributed by atoms with E-state index in [0.29, 0.717) is 6.54 Å². The van der Waals surface area contributed by atoms with Crippen LogP contribution >= 0.6 is 0 Å². The molecule has 0 atom stereocenters. The summed E-state index contributed by atoms with van der Waals surface area (Å²) in [7, 11) is 0. The van der Waals surface area contributed by atoms with Crippen LogP contribution in [0.25, 0.3) is 0 Å². The monoisotopic (exact) mass is 287 g/mol. The Morgan fingerprint density at radius 2 is 1.52 bits per heavy atom. The summed E-state index contributed by atoms with van der Waals surface area (Å²) < 4.78 is 12.7. The third-order valence-electron chi connectivity index (χ3n) is 2.97. The van der Waals surface area contributed by atoms with Gasteiger partial charge in [-0.25, -0.2) is 9.18 Å². The Labute approximate surface area is 121 Å². The number of benzene rings is 2. The van der Waals surface area contributed by atoms with Crippen LogP contribution in [0.3, 0.4) is 0 Å². The van der Waals surface area contributed by atoms with Crippen molar-refractivity contribution in [2.75, 3.05) is 0 Å². The van der Waals surface area contributed by atoms with Crippen molar-refractivity contribution >= 4 is 11.9 Å². The van der Waals surface area contributed by atoms with Crippen LogP contribution in [0.15, 0.2) is 48.5 Å². The van der Waals surface area contributed by atoms with Crippen LogP contribution in [0, 0.1) is 5.82 Å². The van der Waals surface area contributed by atoms with Crippen LogP contribution < -0.4 is 5.32 Å². The maximum atomic E-state index is 12.7. The second-order valence-corrected chi connectivity index (χ2v) is 4.58. The Balaban J connectivity index is 1.86. The molecule has 2 N–H and O–H groups in total. The SMILES string of the molecule is O=C(Cc1ccc(F)cc1)NCc1ccc(C(=O)O)cc1. The highest BCUT2D eigenvalue weighted by Gasteiger charge is 2.05. The van der Waals surface area contributed by atoms with Crippen LogP contribution in [-0.2, 0) is 17.8 Å². The molecule has 2 aromatic rings. The second-order valence-electron chi connectivity index (χ2n) is 4.58. The average Bonchev–Trinajstić information content (AvgIpc) is 2.48. The molecule has 0 fully saturated rings. The standard InChI is InChI=1S/C16H14FNO3/c17-14-7-3-11(4-8-14)9-15(19)18-10-12-1-5-13(6-2-12)16(20)21/h1-8H,9-10H2,(H,18,19)(H,20,21). The Morgan fingerprint density at radius 3 is 2.10 bits per heavy atom. The minimum absolute atomic E-state index is 0.174. The van der Waals surface area contributed by atoms with E-state index in [1.165, 1.54) is 24.3 Å². The number of carboxylic acid groups (broad SMARTS) is 1. The smallest absolute Gasteiger partial charge is 0.335 e. The van der Waals surface area contributed by atoms with E-state index in [1.54, 1.807) is 24.3 Å². The summed E-state index contributed by atoms with van der Waals surface area (Å²) in [5.41, 5.74) is 1.75. The summed E-state index contributed by atoms with van der Waals surface area (Å²) in [6.45, 7) is 0.319. The van der Waals surface area contributed by atoms with Crippen molar-refractivity contribution in [1.29, 1.82) is 0 Å². The zero-order valence-corrected chi connectivity index (χ0v) is 11.2. The molecule has 0 aliphatic carbocycles. The summed E-state index contributed by atoms with van der Waals surface area (Å²) in [6.07, 6.45) is 0.174. The Bertz CT molecular complexity index is 636. The van der Waals surface area contributed by atoms with Gasteiger partial charge < -0.3 is 10.4 Å². The average molecular weight is 287 g/mol. The number of nitrogens with one attached hydrogen (secondary N) is 1. The van der Waals surface area contributed by atoms with Crippen LogP contribution in [-0.4, -0.2) is 17.0 Å². The third kappa shape index (κ3) is 4.42. The van der Waals surface area contributed by atoms with Crippen LogP contribution in [0.4, 0.5) is 4.39 Å². The van der Waals surface area contributed by atoms with Crippen molar-refractivity contribution in [3.8, 4) is 0 Å². The van der Waals surface area contributed by atoms with Gasteiger partial charge in [-0.2, -0.15) is 0 Å². The third-order valence-corrected chi connectivity index (χ3v) is 2.97. The predicted octanol–water partition coefficient (Wildman–Crippen LogP) is 2.38. The fraction of sp³-hybridized carbons (Fsp3) is 0.125. The molecule has 2 rings (SSSR count). The predicted molar refractivity (Wildman–Crippen MR) is 75.4 cm³/mol. The molecule has 108 valence electrons. The maximum Gasteiger partial charge on any atom is 0.335 e. The van der Waals surface area contributed by atoms with Gasteiger partial charge in [-0.1, -0.05) is 24.3 Å². The Hall–Kier alpha value is -2.69. The minimum Gasteiger partial charge on any atom is -0.478 e. The molecule has 0 aliphatic rings. The highest BCUT2D eigenvalue weighted by molar-refractivity contribution is 5.87. The van der Waals surface area contributed by atoms with Gasteiger partial charge in [0, 0.05) is 6.54 Å². The molecule has 0 radical (unpaired) electrons. The lowest BCUT2D eigenvalue weighted by Crippen LogP contribution is -2.24. The number of rotatable bonds is 5. The first-order chi connectivity index (χ1) is 10.0. The maximum absolute atomic E-state index is 12.7. The summed E-state index contributed by atoms with van der Waals surface area (Å²) in [5.74, 6) is -1.50. The Kier molecular flexibility index (Phi) is 4.66. The van der Waals surface area contributed by atoms with Crippen LogP contribution in [0.5, 0.6) is 0 Å². The van der Waals surface area contributed by atoms with Crippen LogP contribution in [0.2, 0.25) is 0 Å². The lowest BCUT2D eigenvalue weighted by molar-refractivity contribution is -0.120. The lowest BCUT2D eigenvalue weighted by atomic mass is 10.1. The summed E-state index contributed by atoms with van der Waals surface area (Å²) in [5, 5.41) is 11.5. The molecule has 0 saturated carbocycles. The fourth-order valence-electron chi connectivity index (χ4n) is 1.82. The van der Waals surface area contributed by atoms with Crippen molar-refractivity contribution in [2.24, 2.45) is 0 Å². The molecule has 0 aliphatic heterocycles. The van der Waals surface area contributed by atoms with Gasteiger partial charge in [0.1, 0.15) is 5.82 Å². The molecule has 0 heterocycles. The normalized spacial score (nSPS) is 10.1. The molecule has 0 spiro atoms. The summed E-state index contributed by atoms with van der Waals surface area (Å²) >= 11 is 0. The van der Waals surface area contributed by atoms with Gasteiger partial charge >= 0.3 is 5.97 Å². The zero-order valence-electron chi connectivity index (χ0n) is 11.2. The minimum atomic E-state index is -0.984. The molecule has 21 heavy (non-hydrogen) atoms. The van der Waals surface area contributed by atoms with E-state index in [1.807, 2.05) is 0 Å². The van der Waals surface area contributed by atoms with Crippen molar-refractivity contribution in [3.63, 3.8) is 0 Å². The number of amides is 1. The lowest BCUT2D eigenvalue weighted by Gasteiger charge is -2.06. The topological polar surface area (TPSA) is 66.4 Å². The van der Waals surface area contributed by atoms with Gasteiger partial charge in [0.15, 0.2) is 0 Å². The van der Waals surface area contributed by atoms with Crippen LogP contribution in [0.1, 0.15) is 21.5 Å². The largest absolute Gasteiger partial charge is 0.478 e. The van der Waals surface area contributed by atoms with Gasteiger partial charge in [0.25, 0.3) is 0 Å². The first-order valence-electron chi connectivity index (χ1n) is 6.38. The van der Waals surface area contributed by atoms with E-state index >= 15 is 0 Å². The number of aromatic carboxylic acids is 1. The number of hydrogen-bond donors (Lipinski definition) is 2. The van der Waals surface area contributed by atoms with E-state index < -0.39 is 5.97 Å². The van der Waals surface area contributed by atoms with E-state index in [9.17, 15) is 14.0 Å². The van der Waals surface area contributed by atoms with E-state index in [0.717, 1.165) is 11.1 Å². The molecule has 0 saturated heterocycles. The molecule has 2 aromatic carbocycles. The van der Waals surface area contributed by atoms with Gasteiger partial charge in [-0.15, -0.1) is 0 Å². The zero-order chi connectivity index (χ0) is 15.2. The molecule has 0 bridgehead atoms. The molecule has 5 heteroatoms. The molecule has 0 unspecified atom stereocenters. The number of carboxylic acids is 1. The van der Waals surface area contributed by atoms with Crippen molar-refractivity contribution < 1.29 is 19.1 Å². The van der Waals surface area contributed by atoms with Crippen molar-refractivity contribution in [3.05, 3.63) is 71.0 Å². The van der Waals surface area contributed by atoms with E-state index in [4.69, 9.17) is 5.11 Å². The number of halogens is 1. The van der Waals surface area contributed by atoms with Gasteiger partial charge in [0.2, 0.25) is 5.91 Å². The molecular weight excluding hydrogens is 273 g/mol. The number of hydrogen-bond acceptors (Lipinski definition) is 2. The summed E-state index contributed by atoms with van der Waals surface area (Å²) in [4.78, 5) is 22.5. The molecule has 4 nitrogen and oxygen atoms in total. The highest BCUT2D eigenvalue weighted by atomic mass is 19.1. The van der Waals surface area contributed by atoms with Crippen molar-refractivity contribution in [1.82, 2.24) is 5.32 Å². The Morgan fingerprint density at radius 1 is 0.952 bits per heavy atom. The van der Waals surface area contributed by atoms with E-state index in [-0.39, 0.29) is 23.7 Å². The van der Waals surface area contributed by atoms with Gasteiger partial charge in [-0.3, -0.25) is 4.79 Å². The first-order valence-corrected chi connectivity index (χ1v) is 6.38. The second kappa shape index (κ2) is 6.65. The molecule has 0 aromatic heterocycles. The number of carbonyl (C=O) groups excluding carboxylic acids is 1. The van der Waals surface area contributed by atoms with Gasteiger partial charge in [0.05, 0.1) is 12.0 Å². The fourth-order valence-corrected chi connectivity index (χ4v) is 1.82. The molecular formula is C16H14FNO3. The van der Waals surface area contributed by atoms with Crippen molar-refractivity contribution in [2.45, 2.75) is 13.0 Å². The highest BCUT2D eigenvalue weighted by Crippen LogP contribution is 2.06. The van der Waals surface area contributed by atoms with E-state index in [2.05, 4.69) is 5.32 Å². The van der Waals surface area contributed by atoms with Gasteiger partial charge in [-0.05, 0) is 35.4 Å². The quantitative estimate of drug-likeness (QED) is 0.887. The molecule has 1 amide bonds. The number of carbonyl (C=O) groups is 2. The first kappa shape index (κ1) is 14.7.